The second kappa shape index (κ2) is 7.03. The summed E-state index contributed by atoms with van der Waals surface area (Å²) >= 11 is 0. The third-order valence-corrected chi connectivity index (χ3v) is 4.26. The fourth-order valence-corrected chi connectivity index (χ4v) is 2.77. The average molecular weight is 361 g/mol. The van der Waals surface area contributed by atoms with Crippen LogP contribution in [0.5, 0.6) is 11.5 Å². The summed E-state index contributed by atoms with van der Waals surface area (Å²) < 4.78 is 11.0. The zero-order valence-electron chi connectivity index (χ0n) is 14.6. The lowest BCUT2D eigenvalue weighted by Gasteiger charge is -2.24. The topological polar surface area (TPSA) is 96.5 Å². The Hall–Kier alpha value is -3.10. The van der Waals surface area contributed by atoms with E-state index in [9.17, 15) is 19.2 Å². The first-order valence-corrected chi connectivity index (χ1v) is 8.22. The van der Waals surface area contributed by atoms with E-state index in [4.69, 9.17) is 9.47 Å². The van der Waals surface area contributed by atoms with Crippen LogP contribution >= 0.6 is 0 Å². The molecule has 26 heavy (non-hydrogen) atoms. The number of amides is 5. The number of imide groups is 2. The number of carbonyl (C=O) groups excluding carboxylic acids is 4. The highest BCUT2D eigenvalue weighted by Crippen LogP contribution is 2.31. The summed E-state index contributed by atoms with van der Waals surface area (Å²) in [6.07, 6.45) is 0. The van der Waals surface area contributed by atoms with E-state index in [1.807, 2.05) is 6.07 Å². The van der Waals surface area contributed by atoms with Gasteiger partial charge in [-0.2, -0.15) is 0 Å². The minimum absolute atomic E-state index is 0.284. The van der Waals surface area contributed by atoms with Gasteiger partial charge in [0.15, 0.2) is 11.5 Å². The van der Waals surface area contributed by atoms with Crippen LogP contribution in [-0.4, -0.2) is 71.8 Å². The summed E-state index contributed by atoms with van der Waals surface area (Å²) in [6, 6.07) is 4.62. The number of urea groups is 1. The Morgan fingerprint density at radius 1 is 1.12 bits per heavy atom. The van der Waals surface area contributed by atoms with E-state index in [0.29, 0.717) is 41.1 Å². The molecule has 2 aliphatic rings. The van der Waals surface area contributed by atoms with Crippen LogP contribution in [0.1, 0.15) is 12.5 Å². The van der Waals surface area contributed by atoms with Gasteiger partial charge in [0, 0.05) is 20.1 Å². The molecule has 9 heteroatoms. The number of fused-ring (bicyclic) bond motifs is 1. The second-order valence-electron chi connectivity index (χ2n) is 5.92. The van der Waals surface area contributed by atoms with Crippen LogP contribution in [0.3, 0.4) is 0 Å². The third-order valence-electron chi connectivity index (χ3n) is 4.26. The summed E-state index contributed by atoms with van der Waals surface area (Å²) in [5, 5.41) is 0. The minimum Gasteiger partial charge on any atom is -0.486 e. The molecule has 0 spiro atoms. The summed E-state index contributed by atoms with van der Waals surface area (Å²) in [7, 11) is 1.21. The lowest BCUT2D eigenvalue weighted by molar-refractivity contribution is -0.144. The number of hydrogen-bond acceptors (Lipinski definition) is 6. The number of nitrogens with zero attached hydrogens (tertiary/aromatic N) is 3. The molecule has 9 nitrogen and oxygen atoms in total. The summed E-state index contributed by atoms with van der Waals surface area (Å²) in [5.74, 6) is -1.07. The van der Waals surface area contributed by atoms with E-state index in [-0.39, 0.29) is 6.54 Å². The largest absolute Gasteiger partial charge is 0.486 e. The molecule has 0 bridgehead atoms. The monoisotopic (exact) mass is 361 g/mol. The fraction of sp³-hybridized carbons (Fsp3) is 0.412. The van der Waals surface area contributed by atoms with E-state index in [1.54, 1.807) is 19.1 Å². The number of likely N-dealkylation sites (N-methyl/N-ethyl adjacent to an activating group) is 2. The predicted octanol–water partition coefficient (Wildman–Crippen LogP) is 0.227. The Balaban J connectivity index is 1.69. The van der Waals surface area contributed by atoms with Crippen LogP contribution in [0.2, 0.25) is 0 Å². The van der Waals surface area contributed by atoms with Gasteiger partial charge in [0.2, 0.25) is 5.91 Å². The molecule has 138 valence electrons. The van der Waals surface area contributed by atoms with Gasteiger partial charge in [0.25, 0.3) is 0 Å². The molecule has 1 fully saturated rings. The molecule has 0 N–H and O–H groups in total. The highest BCUT2D eigenvalue weighted by molar-refractivity contribution is 6.44. The first kappa shape index (κ1) is 17.7. The van der Waals surface area contributed by atoms with Gasteiger partial charge in [0.1, 0.15) is 19.8 Å². The van der Waals surface area contributed by atoms with Gasteiger partial charge in [-0.3, -0.25) is 19.3 Å². The Morgan fingerprint density at radius 2 is 1.81 bits per heavy atom. The first-order chi connectivity index (χ1) is 12.4. The fourth-order valence-electron chi connectivity index (χ4n) is 2.77. The van der Waals surface area contributed by atoms with Crippen LogP contribution in [0, 0.1) is 0 Å². The van der Waals surface area contributed by atoms with Crippen molar-refractivity contribution in [1.82, 2.24) is 14.7 Å². The second-order valence-corrected chi connectivity index (χ2v) is 5.92. The Kier molecular flexibility index (Phi) is 4.79. The van der Waals surface area contributed by atoms with Gasteiger partial charge in [-0.25, -0.2) is 9.69 Å². The quantitative estimate of drug-likeness (QED) is 0.550. The predicted molar refractivity (Wildman–Crippen MR) is 88.4 cm³/mol. The number of carbonyl (C=O) groups is 4. The molecule has 0 atom stereocenters. The molecular formula is C17H19N3O6. The molecule has 1 aromatic rings. The molecule has 1 saturated heterocycles. The zero-order valence-corrected chi connectivity index (χ0v) is 14.6. The van der Waals surface area contributed by atoms with Crippen molar-refractivity contribution in [3.8, 4) is 11.5 Å². The summed E-state index contributed by atoms with van der Waals surface area (Å²) in [5.41, 5.74) is 0.830. The van der Waals surface area contributed by atoms with Gasteiger partial charge in [0.05, 0.1) is 0 Å². The molecule has 0 saturated carbocycles. The van der Waals surface area contributed by atoms with Crippen LogP contribution < -0.4 is 9.47 Å². The van der Waals surface area contributed by atoms with Crippen LogP contribution in [-0.2, 0) is 20.9 Å². The van der Waals surface area contributed by atoms with Crippen molar-refractivity contribution in [2.75, 3.05) is 33.4 Å². The smallest absolute Gasteiger partial charge is 0.334 e. The van der Waals surface area contributed by atoms with Crippen molar-refractivity contribution in [3.63, 3.8) is 0 Å². The molecule has 2 aliphatic heterocycles. The van der Waals surface area contributed by atoms with E-state index >= 15 is 0 Å². The highest BCUT2D eigenvalue weighted by atomic mass is 16.6. The van der Waals surface area contributed by atoms with Crippen LogP contribution in [0.4, 0.5) is 4.79 Å². The molecule has 5 amide bonds. The van der Waals surface area contributed by atoms with Gasteiger partial charge < -0.3 is 14.4 Å². The van der Waals surface area contributed by atoms with Gasteiger partial charge in [-0.1, -0.05) is 6.07 Å². The van der Waals surface area contributed by atoms with Crippen molar-refractivity contribution < 1.29 is 28.7 Å². The molecule has 0 radical (unpaired) electrons. The van der Waals surface area contributed by atoms with Crippen molar-refractivity contribution in [2.45, 2.75) is 13.5 Å². The normalized spacial score (nSPS) is 16.3. The maximum absolute atomic E-state index is 12.5. The minimum atomic E-state index is -0.985. The average Bonchev–Trinajstić information content (AvgIpc) is 2.83. The Labute approximate surface area is 150 Å². The van der Waals surface area contributed by atoms with Crippen molar-refractivity contribution >= 4 is 23.8 Å². The molecule has 3 rings (SSSR count). The maximum atomic E-state index is 12.5. The van der Waals surface area contributed by atoms with Crippen LogP contribution in [0.15, 0.2) is 18.2 Å². The van der Waals surface area contributed by atoms with Gasteiger partial charge in [-0.15, -0.1) is 0 Å². The van der Waals surface area contributed by atoms with E-state index < -0.39 is 30.3 Å². The molecule has 0 unspecified atom stereocenters. The Morgan fingerprint density at radius 3 is 2.42 bits per heavy atom. The number of rotatable bonds is 5. The highest BCUT2D eigenvalue weighted by Gasteiger charge is 2.43. The Bertz CT molecular complexity index is 778. The van der Waals surface area contributed by atoms with Crippen molar-refractivity contribution in [1.29, 1.82) is 0 Å². The van der Waals surface area contributed by atoms with Crippen molar-refractivity contribution in [2.24, 2.45) is 0 Å². The maximum Gasteiger partial charge on any atom is 0.334 e. The first-order valence-electron chi connectivity index (χ1n) is 8.22. The molecule has 1 aromatic carbocycles. The number of hydrogen-bond donors (Lipinski definition) is 0. The lowest BCUT2D eigenvalue weighted by Crippen LogP contribution is -2.43. The standard InChI is InChI=1S/C17H19N3O6/c1-3-19(9-11-4-5-12-13(8-11)26-7-6-25-12)14(21)10-20-16(23)15(22)18(2)17(20)24/h4-5,8H,3,6-7,9-10H2,1-2H3. The molecule has 2 heterocycles. The van der Waals surface area contributed by atoms with E-state index in [2.05, 4.69) is 0 Å². The van der Waals surface area contributed by atoms with Crippen molar-refractivity contribution in [3.05, 3.63) is 23.8 Å². The van der Waals surface area contributed by atoms with E-state index in [0.717, 1.165) is 5.56 Å². The molecule has 0 aliphatic carbocycles. The SMILES string of the molecule is CCN(Cc1ccc2c(c1)OCCO2)C(=O)CN1C(=O)C(=O)N(C)C1=O. The zero-order chi connectivity index (χ0) is 18.8. The summed E-state index contributed by atoms with van der Waals surface area (Å²) in [6.45, 7) is 2.96. The molecule has 0 aromatic heterocycles. The summed E-state index contributed by atoms with van der Waals surface area (Å²) in [4.78, 5) is 50.6. The number of benzene rings is 1. The molecular weight excluding hydrogens is 342 g/mol. The van der Waals surface area contributed by atoms with E-state index in [1.165, 1.54) is 11.9 Å². The van der Waals surface area contributed by atoms with Gasteiger partial charge >= 0.3 is 17.8 Å². The van der Waals surface area contributed by atoms with Crippen LogP contribution in [0.25, 0.3) is 0 Å². The van der Waals surface area contributed by atoms with Gasteiger partial charge in [-0.05, 0) is 24.6 Å². The third kappa shape index (κ3) is 3.19. The lowest BCUT2D eigenvalue weighted by atomic mass is 10.1. The number of ether oxygens (including phenoxy) is 2.